The Labute approximate surface area is 198 Å². The largest absolute Gasteiger partial charge is 0.463 e. The van der Waals surface area contributed by atoms with Gasteiger partial charge < -0.3 is 4.74 Å². The van der Waals surface area contributed by atoms with Crippen molar-refractivity contribution in [1.29, 1.82) is 0 Å². The van der Waals surface area contributed by atoms with Crippen LogP contribution in [0.1, 0.15) is 31.0 Å². The van der Waals surface area contributed by atoms with Gasteiger partial charge in [-0.2, -0.15) is 0 Å². The molecule has 3 aromatic rings. The number of aromatic nitrogens is 1. The molecule has 2 heterocycles. The topological polar surface area (TPSA) is 104 Å². The Bertz CT molecular complexity index is 1480. The molecule has 0 aliphatic carbocycles. The van der Waals surface area contributed by atoms with Gasteiger partial charge >= 0.3 is 5.97 Å². The number of fused-ring (bicyclic) bond motifs is 1. The Kier molecular flexibility index (Phi) is 6.65. The second-order valence-electron chi connectivity index (χ2n) is 7.46. The first-order valence-corrected chi connectivity index (χ1v) is 11.4. The number of thiazole rings is 1. The predicted octanol–water partition coefficient (Wildman–Crippen LogP) is 3.37. The molecule has 0 radical (unpaired) electrons. The lowest BCUT2D eigenvalue weighted by Gasteiger charge is -2.21. The summed E-state index contributed by atoms with van der Waals surface area (Å²) in [6.07, 6.45) is 5.32. The third-order valence-corrected chi connectivity index (χ3v) is 6.21. The summed E-state index contributed by atoms with van der Waals surface area (Å²) in [6, 6.07) is 14.8. The molecule has 4 rings (SSSR count). The van der Waals surface area contributed by atoms with Gasteiger partial charge in [0, 0.05) is 12.1 Å². The van der Waals surface area contributed by atoms with E-state index in [-0.39, 0.29) is 17.9 Å². The Morgan fingerprint density at radius 2 is 1.88 bits per heavy atom. The van der Waals surface area contributed by atoms with Gasteiger partial charge in [0.2, 0.25) is 0 Å². The smallest absolute Gasteiger partial charge is 0.338 e. The summed E-state index contributed by atoms with van der Waals surface area (Å²) in [7, 11) is 0. The van der Waals surface area contributed by atoms with Gasteiger partial charge in [-0.25, -0.2) is 9.79 Å². The molecule has 0 bridgehead atoms. The molecule has 2 aromatic carbocycles. The van der Waals surface area contributed by atoms with Gasteiger partial charge in [-0.15, -0.1) is 0 Å². The van der Waals surface area contributed by atoms with Crippen molar-refractivity contribution in [2.75, 3.05) is 6.61 Å². The molecule has 0 fully saturated rings. The number of rotatable bonds is 6. The SMILES string of the molecule is CCOC(=O)C1=C(C)N=c2sc(=Cc3ccc([N+](=O)[O-])cc3)c(=O)n2[C@H]1/C=C/c1ccccc1. The number of non-ortho nitro benzene ring substituents is 1. The first kappa shape index (κ1) is 23.1. The fourth-order valence-electron chi connectivity index (χ4n) is 3.63. The molecule has 8 nitrogen and oxygen atoms in total. The second kappa shape index (κ2) is 9.80. The highest BCUT2D eigenvalue weighted by Crippen LogP contribution is 2.26. The number of ether oxygens (including phenoxy) is 1. The van der Waals surface area contributed by atoms with E-state index in [4.69, 9.17) is 4.74 Å². The Morgan fingerprint density at radius 1 is 1.18 bits per heavy atom. The Balaban J connectivity index is 1.84. The van der Waals surface area contributed by atoms with Crippen molar-refractivity contribution in [3.63, 3.8) is 0 Å². The zero-order valence-corrected chi connectivity index (χ0v) is 19.3. The standard InChI is InChI=1S/C25H21N3O5S/c1-3-33-24(30)22-16(2)26-25-27(20(22)14-11-17-7-5-4-6-8-17)23(29)21(34-25)15-18-9-12-19(13-10-18)28(31)32/h4-15,20H,3H2,1-2H3/b14-11+,21-15?/t20-/m0/s1. The number of esters is 1. The summed E-state index contributed by atoms with van der Waals surface area (Å²) in [6.45, 7) is 3.65. The van der Waals surface area contributed by atoms with E-state index in [1.807, 2.05) is 36.4 Å². The van der Waals surface area contributed by atoms with Crippen LogP contribution in [0.4, 0.5) is 5.69 Å². The first-order chi connectivity index (χ1) is 16.4. The fourth-order valence-corrected chi connectivity index (χ4v) is 4.68. The molecule has 0 saturated heterocycles. The summed E-state index contributed by atoms with van der Waals surface area (Å²) in [5, 5.41) is 10.9. The van der Waals surface area contributed by atoms with Crippen LogP contribution in [0.5, 0.6) is 0 Å². The summed E-state index contributed by atoms with van der Waals surface area (Å²) < 4.78 is 7.15. The number of allylic oxidation sites excluding steroid dienone is 2. The molecular weight excluding hydrogens is 454 g/mol. The van der Waals surface area contributed by atoms with Crippen molar-refractivity contribution in [3.8, 4) is 0 Å². The summed E-state index contributed by atoms with van der Waals surface area (Å²) in [5.41, 5.74) is 2.04. The van der Waals surface area contributed by atoms with E-state index in [1.165, 1.54) is 28.0 Å². The lowest BCUT2D eigenvalue weighted by atomic mass is 10.0. The molecule has 1 atom stereocenters. The maximum absolute atomic E-state index is 13.4. The van der Waals surface area contributed by atoms with Gasteiger partial charge in [0.05, 0.1) is 33.4 Å². The van der Waals surface area contributed by atoms with Crippen LogP contribution in [0.25, 0.3) is 12.2 Å². The zero-order chi connectivity index (χ0) is 24.2. The lowest BCUT2D eigenvalue weighted by Crippen LogP contribution is -2.38. The van der Waals surface area contributed by atoms with Gasteiger partial charge in [-0.05, 0) is 43.2 Å². The molecule has 9 heteroatoms. The molecule has 0 amide bonds. The average molecular weight is 476 g/mol. The highest BCUT2D eigenvalue weighted by Gasteiger charge is 2.30. The van der Waals surface area contributed by atoms with E-state index < -0.39 is 16.9 Å². The minimum atomic E-state index is -0.686. The van der Waals surface area contributed by atoms with E-state index in [9.17, 15) is 19.7 Å². The van der Waals surface area contributed by atoms with Crippen LogP contribution in [-0.2, 0) is 9.53 Å². The average Bonchev–Trinajstić information content (AvgIpc) is 3.12. The maximum Gasteiger partial charge on any atom is 0.338 e. The van der Waals surface area contributed by atoms with E-state index in [0.29, 0.717) is 26.2 Å². The van der Waals surface area contributed by atoms with E-state index in [2.05, 4.69) is 4.99 Å². The number of carbonyl (C=O) groups is 1. The third kappa shape index (κ3) is 4.65. The third-order valence-electron chi connectivity index (χ3n) is 5.23. The first-order valence-electron chi connectivity index (χ1n) is 10.6. The number of nitrogens with zero attached hydrogens (tertiary/aromatic N) is 3. The monoisotopic (exact) mass is 475 g/mol. The molecule has 0 N–H and O–H groups in total. The second-order valence-corrected chi connectivity index (χ2v) is 8.47. The molecule has 34 heavy (non-hydrogen) atoms. The number of carbonyl (C=O) groups excluding carboxylic acids is 1. The van der Waals surface area contributed by atoms with Gasteiger partial charge in [0.1, 0.15) is 0 Å². The van der Waals surface area contributed by atoms with Crippen LogP contribution in [-0.4, -0.2) is 22.1 Å². The predicted molar refractivity (Wildman–Crippen MR) is 130 cm³/mol. The zero-order valence-electron chi connectivity index (χ0n) is 18.5. The summed E-state index contributed by atoms with van der Waals surface area (Å²) in [5.74, 6) is -0.517. The van der Waals surface area contributed by atoms with Crippen molar-refractivity contribution in [2.24, 2.45) is 4.99 Å². The van der Waals surface area contributed by atoms with E-state index in [1.54, 1.807) is 38.1 Å². The number of nitro groups is 1. The van der Waals surface area contributed by atoms with E-state index in [0.717, 1.165) is 5.56 Å². The number of hydrogen-bond donors (Lipinski definition) is 0. The molecule has 1 aromatic heterocycles. The van der Waals surface area contributed by atoms with Gasteiger partial charge in [-0.3, -0.25) is 19.5 Å². The Morgan fingerprint density at radius 3 is 2.53 bits per heavy atom. The summed E-state index contributed by atoms with van der Waals surface area (Å²) >= 11 is 1.20. The van der Waals surface area contributed by atoms with Crippen LogP contribution in [0.15, 0.2) is 81.7 Å². The van der Waals surface area contributed by atoms with E-state index >= 15 is 0 Å². The fraction of sp³-hybridized carbons (Fsp3) is 0.160. The van der Waals surface area contributed by atoms with Crippen LogP contribution in [0, 0.1) is 10.1 Å². The van der Waals surface area contributed by atoms with Crippen LogP contribution >= 0.6 is 11.3 Å². The van der Waals surface area contributed by atoms with Gasteiger partial charge in [0.15, 0.2) is 4.80 Å². The molecule has 1 aliphatic heterocycles. The molecule has 0 saturated carbocycles. The molecule has 1 aliphatic rings. The normalized spacial score (nSPS) is 15.8. The molecular formula is C25H21N3O5S. The highest BCUT2D eigenvalue weighted by molar-refractivity contribution is 7.07. The quantitative estimate of drug-likeness (QED) is 0.309. The van der Waals surface area contributed by atoms with Crippen LogP contribution < -0.4 is 14.9 Å². The molecule has 0 unspecified atom stereocenters. The van der Waals surface area contributed by atoms with Gasteiger partial charge in [-0.1, -0.05) is 53.8 Å². The number of nitro benzene ring substituents is 1. The Hall–Kier alpha value is -4.11. The highest BCUT2D eigenvalue weighted by atomic mass is 32.1. The van der Waals surface area contributed by atoms with Crippen molar-refractivity contribution in [3.05, 3.63) is 113 Å². The minimum Gasteiger partial charge on any atom is -0.463 e. The summed E-state index contributed by atoms with van der Waals surface area (Å²) in [4.78, 5) is 41.6. The number of hydrogen-bond acceptors (Lipinski definition) is 7. The minimum absolute atomic E-state index is 0.0284. The van der Waals surface area contributed by atoms with Crippen molar-refractivity contribution in [2.45, 2.75) is 19.9 Å². The van der Waals surface area contributed by atoms with Crippen molar-refractivity contribution < 1.29 is 14.5 Å². The van der Waals surface area contributed by atoms with Crippen LogP contribution in [0.2, 0.25) is 0 Å². The maximum atomic E-state index is 13.4. The van der Waals surface area contributed by atoms with Crippen molar-refractivity contribution >= 4 is 35.1 Å². The molecule has 172 valence electrons. The molecule has 0 spiro atoms. The van der Waals surface area contributed by atoms with Crippen molar-refractivity contribution in [1.82, 2.24) is 4.57 Å². The van der Waals surface area contributed by atoms with Crippen LogP contribution in [0.3, 0.4) is 0 Å². The number of benzene rings is 2. The lowest BCUT2D eigenvalue weighted by molar-refractivity contribution is -0.384. The van der Waals surface area contributed by atoms with Gasteiger partial charge in [0.25, 0.3) is 11.2 Å².